The van der Waals surface area contributed by atoms with Gasteiger partial charge in [0.15, 0.2) is 0 Å². The molecular formula is C23H22F3N3O6. The van der Waals surface area contributed by atoms with Gasteiger partial charge in [-0.1, -0.05) is 0 Å². The number of aryl methyl sites for hydroxylation is 1. The van der Waals surface area contributed by atoms with Gasteiger partial charge in [-0.15, -0.1) is 0 Å². The van der Waals surface area contributed by atoms with E-state index in [-0.39, 0.29) is 18.5 Å². The molecule has 186 valence electrons. The van der Waals surface area contributed by atoms with Crippen LogP contribution in [0.25, 0.3) is 21.9 Å². The quantitative estimate of drug-likeness (QED) is 0.290. The molecule has 0 saturated carbocycles. The summed E-state index contributed by atoms with van der Waals surface area (Å²) >= 11 is 0. The summed E-state index contributed by atoms with van der Waals surface area (Å²) < 4.78 is 52.8. The summed E-state index contributed by atoms with van der Waals surface area (Å²) in [5.41, 5.74) is 1.93. The minimum atomic E-state index is -5.25. The first-order valence-corrected chi connectivity index (χ1v) is 10.3. The number of benzene rings is 1. The molecule has 9 nitrogen and oxygen atoms in total. The number of esters is 2. The molecule has 0 amide bonds. The number of rotatable bonds is 8. The van der Waals surface area contributed by atoms with Crippen molar-refractivity contribution < 1.29 is 37.0 Å². The number of halogens is 3. The second kappa shape index (κ2) is 10.6. The molecule has 2 heterocycles. The highest BCUT2D eigenvalue weighted by atomic mass is 19.4. The average Bonchev–Trinajstić information content (AvgIpc) is 2.83. The molecule has 3 rings (SSSR count). The first kappa shape index (κ1) is 25.7. The molecule has 35 heavy (non-hydrogen) atoms. The minimum Gasteiger partial charge on any atom is -0.496 e. The Labute approximate surface area is 197 Å². The average molecular weight is 493 g/mol. The van der Waals surface area contributed by atoms with Crippen LogP contribution in [0.2, 0.25) is 0 Å². The molecule has 0 atom stereocenters. The number of ether oxygens (including phenoxy) is 3. The molecule has 12 heteroatoms. The van der Waals surface area contributed by atoms with Gasteiger partial charge in [0.2, 0.25) is 0 Å². The Morgan fingerprint density at radius 2 is 1.77 bits per heavy atom. The van der Waals surface area contributed by atoms with Crippen LogP contribution in [0.4, 0.5) is 13.2 Å². The van der Waals surface area contributed by atoms with Crippen LogP contribution in [0.1, 0.15) is 5.56 Å². The fourth-order valence-electron chi connectivity index (χ4n) is 3.53. The molecule has 0 aliphatic carbocycles. The Morgan fingerprint density at radius 3 is 2.37 bits per heavy atom. The monoisotopic (exact) mass is 493 g/mol. The predicted octanol–water partition coefficient (Wildman–Crippen LogP) is 2.38. The smallest absolute Gasteiger partial charge is 0.491 e. The van der Waals surface area contributed by atoms with Crippen molar-refractivity contribution in [2.45, 2.75) is 12.6 Å². The summed E-state index contributed by atoms with van der Waals surface area (Å²) in [6.07, 6.45) is -0.167. The zero-order valence-corrected chi connectivity index (χ0v) is 19.1. The van der Waals surface area contributed by atoms with Crippen LogP contribution in [0.15, 0.2) is 41.6 Å². The minimum absolute atomic E-state index is 0.149. The maximum Gasteiger partial charge on any atom is 0.491 e. The molecule has 0 saturated heterocycles. The van der Waals surface area contributed by atoms with Gasteiger partial charge in [-0.3, -0.25) is 14.6 Å². The lowest BCUT2D eigenvalue weighted by Gasteiger charge is -2.17. The van der Waals surface area contributed by atoms with Gasteiger partial charge >= 0.3 is 18.1 Å². The van der Waals surface area contributed by atoms with Gasteiger partial charge in [0.1, 0.15) is 11.5 Å². The summed E-state index contributed by atoms with van der Waals surface area (Å²) in [5.74, 6) is -2.98. The van der Waals surface area contributed by atoms with Crippen LogP contribution in [0, 0.1) is 0 Å². The van der Waals surface area contributed by atoms with Gasteiger partial charge in [0.25, 0.3) is 5.56 Å². The number of aromatic nitrogens is 2. The fraction of sp³-hybridized carbons (Fsp3) is 0.304. The Bertz CT molecular complexity index is 1300. The lowest BCUT2D eigenvalue weighted by molar-refractivity contribution is -0.201. The summed E-state index contributed by atoms with van der Waals surface area (Å²) in [6.45, 7) is -0.446. The number of methoxy groups -OCH3 is 2. The summed E-state index contributed by atoms with van der Waals surface area (Å²) in [7, 11) is 4.58. The van der Waals surface area contributed by atoms with E-state index in [1.807, 2.05) is 0 Å². The van der Waals surface area contributed by atoms with Crippen molar-refractivity contribution >= 4 is 22.7 Å². The molecule has 0 aliphatic heterocycles. The van der Waals surface area contributed by atoms with Gasteiger partial charge in [0.05, 0.1) is 26.2 Å². The van der Waals surface area contributed by atoms with Gasteiger partial charge in [-0.05, 0) is 42.1 Å². The molecule has 0 fully saturated rings. The van der Waals surface area contributed by atoms with E-state index in [0.717, 1.165) is 11.1 Å². The van der Waals surface area contributed by atoms with Crippen LogP contribution in [0.5, 0.6) is 11.5 Å². The number of alkyl halides is 3. The lowest BCUT2D eigenvalue weighted by Crippen LogP contribution is -2.33. The van der Waals surface area contributed by atoms with E-state index in [9.17, 15) is 27.6 Å². The highest BCUT2D eigenvalue weighted by molar-refractivity contribution is 5.95. The molecule has 1 N–H and O–H groups in total. The maximum atomic E-state index is 12.5. The first-order chi connectivity index (χ1) is 16.6. The van der Waals surface area contributed by atoms with Gasteiger partial charge in [-0.2, -0.15) is 13.2 Å². The third-order valence-electron chi connectivity index (χ3n) is 5.16. The normalized spacial score (nSPS) is 11.4. The topological polar surface area (TPSA) is 109 Å². The van der Waals surface area contributed by atoms with Crippen molar-refractivity contribution in [1.29, 1.82) is 0 Å². The zero-order chi connectivity index (χ0) is 25.8. The fourth-order valence-corrected chi connectivity index (χ4v) is 3.53. The summed E-state index contributed by atoms with van der Waals surface area (Å²) in [4.78, 5) is 38.7. The van der Waals surface area contributed by atoms with Crippen LogP contribution < -0.4 is 20.3 Å². The Morgan fingerprint density at radius 1 is 1.11 bits per heavy atom. The largest absolute Gasteiger partial charge is 0.496 e. The molecule has 0 radical (unpaired) electrons. The van der Waals surface area contributed by atoms with Crippen LogP contribution in [-0.4, -0.2) is 55.0 Å². The SMILES string of the molecule is COc1cc(-c2cn(C)c(=O)c3cnccc23)cc(OC)c1CCNCC(=O)OC(=O)C(F)(F)F. The maximum absolute atomic E-state index is 12.5. The van der Waals surface area contributed by atoms with E-state index >= 15 is 0 Å². The number of hydrogen-bond acceptors (Lipinski definition) is 8. The standard InChI is InChI=1S/C23H22F3N3O6/c1-29-12-17(14-4-6-27-10-16(14)21(29)31)13-8-18(33-2)15(19(9-13)34-3)5-7-28-11-20(30)35-22(32)23(24,25)26/h4,6,8-10,12,28H,5,7,11H2,1-3H3. The number of carbonyl (C=O) groups excluding carboxylic acids is 2. The molecular weight excluding hydrogens is 471 g/mol. The van der Waals surface area contributed by atoms with E-state index in [0.29, 0.717) is 27.8 Å². The van der Waals surface area contributed by atoms with Crippen LogP contribution in [0.3, 0.4) is 0 Å². The van der Waals surface area contributed by atoms with E-state index in [4.69, 9.17) is 9.47 Å². The molecule has 2 aromatic heterocycles. The molecule has 0 spiro atoms. The van der Waals surface area contributed by atoms with Gasteiger partial charge in [-0.25, -0.2) is 4.79 Å². The lowest BCUT2D eigenvalue weighted by atomic mass is 9.98. The van der Waals surface area contributed by atoms with Crippen molar-refractivity contribution in [3.8, 4) is 22.6 Å². The summed E-state index contributed by atoms with van der Waals surface area (Å²) in [6, 6.07) is 5.28. The predicted molar refractivity (Wildman–Crippen MR) is 119 cm³/mol. The number of nitrogens with zero attached hydrogens (tertiary/aromatic N) is 2. The molecule has 0 bridgehead atoms. The van der Waals surface area contributed by atoms with Crippen molar-refractivity contribution in [3.05, 3.63) is 52.7 Å². The zero-order valence-electron chi connectivity index (χ0n) is 19.1. The van der Waals surface area contributed by atoms with E-state index in [1.54, 1.807) is 37.6 Å². The van der Waals surface area contributed by atoms with E-state index in [2.05, 4.69) is 15.0 Å². The van der Waals surface area contributed by atoms with Crippen molar-refractivity contribution in [2.24, 2.45) is 7.05 Å². The number of hydrogen-bond donors (Lipinski definition) is 1. The summed E-state index contributed by atoms with van der Waals surface area (Å²) in [5, 5.41) is 3.78. The molecule has 1 aromatic carbocycles. The Balaban J connectivity index is 1.82. The van der Waals surface area contributed by atoms with Crippen LogP contribution in [-0.2, 0) is 27.8 Å². The second-order valence-corrected chi connectivity index (χ2v) is 7.43. The number of pyridine rings is 2. The number of fused-ring (bicyclic) bond motifs is 1. The van der Waals surface area contributed by atoms with E-state index in [1.165, 1.54) is 25.0 Å². The Kier molecular flexibility index (Phi) is 7.75. The van der Waals surface area contributed by atoms with Gasteiger partial charge < -0.3 is 24.1 Å². The Hall–Kier alpha value is -3.93. The molecule has 0 unspecified atom stereocenters. The highest BCUT2D eigenvalue weighted by Gasteiger charge is 2.42. The van der Waals surface area contributed by atoms with E-state index < -0.39 is 24.7 Å². The third-order valence-corrected chi connectivity index (χ3v) is 5.16. The highest BCUT2D eigenvalue weighted by Crippen LogP contribution is 2.37. The number of carbonyl (C=O) groups is 2. The van der Waals surface area contributed by atoms with Crippen molar-refractivity contribution in [2.75, 3.05) is 27.3 Å². The van der Waals surface area contributed by atoms with Crippen molar-refractivity contribution in [1.82, 2.24) is 14.9 Å². The van der Waals surface area contributed by atoms with Gasteiger partial charge in [0, 0.05) is 36.8 Å². The second-order valence-electron chi connectivity index (χ2n) is 7.43. The van der Waals surface area contributed by atoms with Crippen LogP contribution >= 0.6 is 0 Å². The number of nitrogens with one attached hydrogen (secondary N) is 1. The first-order valence-electron chi connectivity index (χ1n) is 10.3. The molecule has 3 aromatic rings. The molecule has 0 aliphatic rings. The third kappa shape index (κ3) is 5.77. The van der Waals surface area contributed by atoms with Crippen molar-refractivity contribution in [3.63, 3.8) is 0 Å².